The van der Waals surface area contributed by atoms with E-state index in [9.17, 15) is 18.0 Å². The molecule has 0 saturated heterocycles. The van der Waals surface area contributed by atoms with Gasteiger partial charge in [0.05, 0.1) is 12.2 Å². The topological polar surface area (TPSA) is 42.4 Å². The van der Waals surface area contributed by atoms with Gasteiger partial charge in [-0.2, -0.15) is 13.2 Å². The summed E-state index contributed by atoms with van der Waals surface area (Å²) in [5, 5.41) is 0. The van der Waals surface area contributed by atoms with Crippen LogP contribution in [0.15, 0.2) is 30.0 Å². The summed E-state index contributed by atoms with van der Waals surface area (Å²) in [6, 6.07) is 3.17. The molecule has 0 fully saturated rings. The lowest BCUT2D eigenvalue weighted by Crippen LogP contribution is -2.32. The highest BCUT2D eigenvalue weighted by atomic mass is 19.4. The summed E-state index contributed by atoms with van der Waals surface area (Å²) in [7, 11) is 0. The number of pyridine rings is 1. The minimum absolute atomic E-state index is 0.0647. The first-order valence-electron chi connectivity index (χ1n) is 6.56. The lowest BCUT2D eigenvalue weighted by molar-refractivity contribution is -0.0944. The fourth-order valence-corrected chi connectivity index (χ4v) is 2.04. The molecule has 114 valence electrons. The zero-order valence-electron chi connectivity index (χ0n) is 11.5. The van der Waals surface area contributed by atoms with E-state index in [1.807, 2.05) is 0 Å². The monoisotopic (exact) mass is 300 g/mol. The third-order valence-electron chi connectivity index (χ3n) is 3.16. The van der Waals surface area contributed by atoms with Crippen molar-refractivity contribution in [2.45, 2.75) is 19.5 Å². The highest BCUT2D eigenvalue weighted by Gasteiger charge is 2.34. The van der Waals surface area contributed by atoms with Crippen molar-refractivity contribution in [2.75, 3.05) is 24.6 Å². The highest BCUT2D eigenvalue weighted by Crippen LogP contribution is 2.31. The van der Waals surface area contributed by atoms with E-state index in [1.54, 1.807) is 24.0 Å². The number of nitrogens with zero attached hydrogens (tertiary/aromatic N) is 2. The molecule has 1 aliphatic heterocycles. The molecule has 7 heteroatoms. The van der Waals surface area contributed by atoms with E-state index in [4.69, 9.17) is 4.74 Å². The lowest BCUT2D eigenvalue weighted by atomic mass is 10.1. The van der Waals surface area contributed by atoms with Crippen LogP contribution in [-0.4, -0.2) is 36.8 Å². The summed E-state index contributed by atoms with van der Waals surface area (Å²) in [4.78, 5) is 17.3. The first kappa shape index (κ1) is 15.3. The minimum Gasteiger partial charge on any atom is -0.462 e. The first-order chi connectivity index (χ1) is 9.91. The van der Waals surface area contributed by atoms with Gasteiger partial charge in [-0.1, -0.05) is 6.08 Å². The molecule has 1 aromatic heterocycles. The van der Waals surface area contributed by atoms with E-state index in [2.05, 4.69) is 4.98 Å². The van der Waals surface area contributed by atoms with Crippen LogP contribution in [0.5, 0.6) is 0 Å². The van der Waals surface area contributed by atoms with Crippen molar-refractivity contribution in [1.29, 1.82) is 0 Å². The predicted octanol–water partition coefficient (Wildman–Crippen LogP) is 2.96. The van der Waals surface area contributed by atoms with Crippen molar-refractivity contribution in [3.8, 4) is 0 Å². The molecular weight excluding hydrogens is 285 g/mol. The molecule has 0 atom stereocenters. The number of aromatic nitrogens is 1. The number of esters is 1. The Hall–Kier alpha value is -2.05. The van der Waals surface area contributed by atoms with E-state index >= 15 is 0 Å². The number of rotatable bonds is 3. The summed E-state index contributed by atoms with van der Waals surface area (Å²) in [6.45, 7) is 2.38. The molecule has 1 aliphatic rings. The van der Waals surface area contributed by atoms with Gasteiger partial charge in [-0.15, -0.1) is 0 Å². The Morgan fingerprint density at radius 1 is 1.43 bits per heavy atom. The molecular formula is C14H15F3N2O2. The van der Waals surface area contributed by atoms with Crippen molar-refractivity contribution in [3.05, 3.63) is 35.5 Å². The predicted molar refractivity (Wildman–Crippen MR) is 71.2 cm³/mol. The molecule has 0 saturated carbocycles. The van der Waals surface area contributed by atoms with Crippen LogP contribution >= 0.6 is 0 Å². The number of halogens is 3. The smallest absolute Gasteiger partial charge is 0.412 e. The number of hydrogen-bond acceptors (Lipinski definition) is 4. The number of anilines is 1. The number of alkyl halides is 3. The van der Waals surface area contributed by atoms with Crippen molar-refractivity contribution < 1.29 is 22.7 Å². The largest absolute Gasteiger partial charge is 0.462 e. The Bertz CT molecular complexity index is 538. The number of carbonyl (C=O) groups excluding carboxylic acids is 1. The molecule has 2 rings (SSSR count). The molecule has 0 spiro atoms. The minimum atomic E-state index is -4.26. The van der Waals surface area contributed by atoms with Crippen LogP contribution in [0.2, 0.25) is 0 Å². The van der Waals surface area contributed by atoms with Gasteiger partial charge in [0, 0.05) is 24.9 Å². The molecule has 0 unspecified atom stereocenters. The van der Waals surface area contributed by atoms with Gasteiger partial charge in [0.1, 0.15) is 5.82 Å². The molecule has 21 heavy (non-hydrogen) atoms. The maximum absolute atomic E-state index is 12.5. The van der Waals surface area contributed by atoms with Gasteiger partial charge in [-0.25, -0.2) is 9.78 Å². The third kappa shape index (κ3) is 3.74. The zero-order valence-corrected chi connectivity index (χ0v) is 11.5. The van der Waals surface area contributed by atoms with Crippen molar-refractivity contribution in [2.24, 2.45) is 0 Å². The van der Waals surface area contributed by atoms with Crippen molar-refractivity contribution in [1.82, 2.24) is 4.98 Å². The van der Waals surface area contributed by atoms with Crippen LogP contribution in [-0.2, 0) is 4.74 Å². The van der Waals surface area contributed by atoms with Crippen molar-refractivity contribution >= 4 is 11.8 Å². The summed E-state index contributed by atoms with van der Waals surface area (Å²) in [5.74, 6) is 0.0787. The molecule has 4 nitrogen and oxygen atoms in total. The molecule has 1 aromatic rings. The van der Waals surface area contributed by atoms with Crippen LogP contribution in [0.1, 0.15) is 23.7 Å². The second kappa shape index (κ2) is 6.15. The van der Waals surface area contributed by atoms with E-state index in [0.717, 1.165) is 0 Å². The Morgan fingerprint density at radius 3 is 2.67 bits per heavy atom. The van der Waals surface area contributed by atoms with Crippen molar-refractivity contribution in [3.63, 3.8) is 0 Å². The standard InChI is InChI=1S/C14H15F3N2O2/c1-2-21-13(20)10-3-4-12(18-9-10)19-7-5-11(6-8-19)14(15,16)17/h3-5,9H,2,6-8H2,1H3. The first-order valence-corrected chi connectivity index (χ1v) is 6.56. The molecule has 0 bridgehead atoms. The maximum Gasteiger partial charge on any atom is 0.412 e. The summed E-state index contributed by atoms with van der Waals surface area (Å²) in [6.07, 6.45) is -1.78. The third-order valence-corrected chi connectivity index (χ3v) is 3.16. The Balaban J connectivity index is 2.04. The van der Waals surface area contributed by atoms with Gasteiger partial charge in [0.25, 0.3) is 0 Å². The number of hydrogen-bond donors (Lipinski definition) is 0. The number of carbonyl (C=O) groups is 1. The molecule has 0 radical (unpaired) electrons. The van der Waals surface area contributed by atoms with E-state index in [-0.39, 0.29) is 26.1 Å². The summed E-state index contributed by atoms with van der Waals surface area (Å²) in [5.41, 5.74) is -0.175. The Morgan fingerprint density at radius 2 is 2.19 bits per heavy atom. The SMILES string of the molecule is CCOC(=O)c1ccc(N2CC=C(C(F)(F)F)CC2)nc1. The van der Waals surface area contributed by atoms with Gasteiger partial charge in [-0.3, -0.25) is 0 Å². The zero-order chi connectivity index (χ0) is 15.5. The van der Waals surface area contributed by atoms with E-state index in [1.165, 1.54) is 12.3 Å². The van der Waals surface area contributed by atoms with E-state index in [0.29, 0.717) is 11.4 Å². The lowest BCUT2D eigenvalue weighted by Gasteiger charge is -2.28. The fourth-order valence-electron chi connectivity index (χ4n) is 2.04. The second-order valence-electron chi connectivity index (χ2n) is 4.55. The normalized spacial score (nSPS) is 15.6. The van der Waals surface area contributed by atoms with Crippen LogP contribution in [0.25, 0.3) is 0 Å². The Kier molecular flexibility index (Phi) is 4.50. The second-order valence-corrected chi connectivity index (χ2v) is 4.55. The highest BCUT2D eigenvalue weighted by molar-refractivity contribution is 5.89. The summed E-state index contributed by atoms with van der Waals surface area (Å²) >= 11 is 0. The van der Waals surface area contributed by atoms with Crippen LogP contribution in [0.3, 0.4) is 0 Å². The van der Waals surface area contributed by atoms with Crippen LogP contribution in [0.4, 0.5) is 19.0 Å². The quantitative estimate of drug-likeness (QED) is 0.636. The average molecular weight is 300 g/mol. The van der Waals surface area contributed by atoms with Gasteiger partial charge in [0.2, 0.25) is 0 Å². The average Bonchev–Trinajstić information content (AvgIpc) is 2.47. The van der Waals surface area contributed by atoms with Crippen LogP contribution in [0, 0.1) is 0 Å². The Labute approximate surface area is 120 Å². The molecule has 2 heterocycles. The van der Waals surface area contributed by atoms with Gasteiger partial charge < -0.3 is 9.64 Å². The maximum atomic E-state index is 12.5. The molecule has 0 aliphatic carbocycles. The summed E-state index contributed by atoms with van der Waals surface area (Å²) < 4.78 is 42.4. The van der Waals surface area contributed by atoms with E-state index < -0.39 is 17.7 Å². The molecule has 0 amide bonds. The van der Waals surface area contributed by atoms with Gasteiger partial charge >= 0.3 is 12.1 Å². The van der Waals surface area contributed by atoms with Crippen LogP contribution < -0.4 is 4.90 Å². The number of ether oxygens (including phenoxy) is 1. The molecule has 0 aromatic carbocycles. The molecule has 0 N–H and O–H groups in total. The van der Waals surface area contributed by atoms with Gasteiger partial charge in [0.15, 0.2) is 0 Å². The van der Waals surface area contributed by atoms with Gasteiger partial charge in [-0.05, 0) is 25.5 Å². The fraction of sp³-hybridized carbons (Fsp3) is 0.429.